The molecule has 0 bridgehead atoms. The van der Waals surface area contributed by atoms with Crippen LogP contribution in [0.2, 0.25) is 0 Å². The molecule has 0 unspecified atom stereocenters. The summed E-state index contributed by atoms with van der Waals surface area (Å²) in [5.41, 5.74) is 1.29. The fourth-order valence-electron chi connectivity index (χ4n) is 2.53. The number of aromatic nitrogens is 1. The third kappa shape index (κ3) is 3.58. The highest BCUT2D eigenvalue weighted by Crippen LogP contribution is 2.24. The number of hydrogen-bond donors (Lipinski definition) is 1. The van der Waals surface area contributed by atoms with Crippen LogP contribution in [0.5, 0.6) is 0 Å². The molecule has 0 saturated carbocycles. The number of methoxy groups -OCH3 is 1. The highest BCUT2D eigenvalue weighted by molar-refractivity contribution is 5.78. The van der Waals surface area contributed by atoms with Crippen LogP contribution in [-0.4, -0.2) is 48.7 Å². The molecule has 19 heavy (non-hydrogen) atoms. The Hall–Kier alpha value is -1.33. The molecule has 0 fully saturated rings. The van der Waals surface area contributed by atoms with E-state index in [1.54, 1.807) is 7.11 Å². The van der Waals surface area contributed by atoms with Gasteiger partial charge < -0.3 is 14.6 Å². The Labute approximate surface area is 114 Å². The van der Waals surface area contributed by atoms with E-state index < -0.39 is 0 Å². The van der Waals surface area contributed by atoms with Crippen molar-refractivity contribution >= 4 is 5.91 Å². The standard InChI is InChI=1S/C14H23N3O2/c1-12-13-5-3-7-16(13)8-9-17(12)11-14(18)15-6-4-10-19-2/h3,5,7,12H,4,6,8-11H2,1-2H3,(H,15,18)/t12-/m0/s1. The molecule has 1 aliphatic rings. The van der Waals surface area contributed by atoms with Crippen LogP contribution in [0.15, 0.2) is 18.3 Å². The van der Waals surface area contributed by atoms with Crippen LogP contribution in [0.1, 0.15) is 25.1 Å². The number of carbonyl (C=O) groups excluding carboxylic acids is 1. The van der Waals surface area contributed by atoms with Crippen LogP contribution in [-0.2, 0) is 16.1 Å². The molecule has 0 radical (unpaired) electrons. The summed E-state index contributed by atoms with van der Waals surface area (Å²) in [5, 5.41) is 2.94. The van der Waals surface area contributed by atoms with Crippen molar-refractivity contribution in [3.8, 4) is 0 Å². The average Bonchev–Trinajstić information content (AvgIpc) is 2.87. The zero-order valence-corrected chi connectivity index (χ0v) is 11.8. The molecule has 1 aromatic heterocycles. The minimum absolute atomic E-state index is 0.1000. The number of amides is 1. The van der Waals surface area contributed by atoms with Gasteiger partial charge in [-0.05, 0) is 25.5 Å². The maximum absolute atomic E-state index is 11.9. The van der Waals surface area contributed by atoms with Gasteiger partial charge in [-0.2, -0.15) is 0 Å². The molecule has 1 aliphatic heterocycles. The summed E-state index contributed by atoms with van der Waals surface area (Å²) in [6.07, 6.45) is 2.97. The molecule has 0 aromatic carbocycles. The Bertz CT molecular complexity index is 417. The third-order valence-electron chi connectivity index (χ3n) is 3.66. The molecule has 2 rings (SSSR count). The smallest absolute Gasteiger partial charge is 0.234 e. The van der Waals surface area contributed by atoms with Crippen molar-refractivity contribution in [2.24, 2.45) is 0 Å². The fourth-order valence-corrected chi connectivity index (χ4v) is 2.53. The van der Waals surface area contributed by atoms with Gasteiger partial charge in [0, 0.05) is 51.3 Å². The maximum atomic E-state index is 11.9. The molecule has 0 aliphatic carbocycles. The first-order valence-corrected chi connectivity index (χ1v) is 6.87. The van der Waals surface area contributed by atoms with E-state index in [0.717, 1.165) is 19.5 Å². The van der Waals surface area contributed by atoms with E-state index in [0.29, 0.717) is 25.7 Å². The molecule has 2 heterocycles. The third-order valence-corrected chi connectivity index (χ3v) is 3.66. The van der Waals surface area contributed by atoms with Crippen molar-refractivity contribution in [2.45, 2.75) is 25.9 Å². The highest BCUT2D eigenvalue weighted by atomic mass is 16.5. The van der Waals surface area contributed by atoms with Gasteiger partial charge in [-0.1, -0.05) is 0 Å². The minimum Gasteiger partial charge on any atom is -0.385 e. The summed E-state index contributed by atoms with van der Waals surface area (Å²) in [6.45, 7) is 5.89. The molecule has 0 saturated heterocycles. The highest BCUT2D eigenvalue weighted by Gasteiger charge is 2.24. The summed E-state index contributed by atoms with van der Waals surface area (Å²) < 4.78 is 7.22. The van der Waals surface area contributed by atoms with Crippen molar-refractivity contribution < 1.29 is 9.53 Å². The van der Waals surface area contributed by atoms with Gasteiger partial charge in [-0.25, -0.2) is 0 Å². The van der Waals surface area contributed by atoms with Gasteiger partial charge in [0.25, 0.3) is 0 Å². The van der Waals surface area contributed by atoms with Gasteiger partial charge in [0.1, 0.15) is 0 Å². The molecule has 5 heteroatoms. The lowest BCUT2D eigenvalue weighted by Gasteiger charge is -2.34. The molecular formula is C14H23N3O2. The Morgan fingerprint density at radius 1 is 1.53 bits per heavy atom. The summed E-state index contributed by atoms with van der Waals surface area (Å²) in [7, 11) is 1.67. The zero-order valence-electron chi connectivity index (χ0n) is 11.8. The predicted octanol–water partition coefficient (Wildman–Crippen LogP) is 1.02. The Balaban J connectivity index is 1.79. The number of ether oxygens (including phenoxy) is 1. The maximum Gasteiger partial charge on any atom is 0.234 e. The van der Waals surface area contributed by atoms with Gasteiger partial charge in [0.05, 0.1) is 6.54 Å². The lowest BCUT2D eigenvalue weighted by atomic mass is 10.1. The molecular weight excluding hydrogens is 242 g/mol. The minimum atomic E-state index is 0.1000. The summed E-state index contributed by atoms with van der Waals surface area (Å²) in [6, 6.07) is 4.50. The molecule has 1 amide bonds. The van der Waals surface area contributed by atoms with Gasteiger partial charge in [0.15, 0.2) is 0 Å². The largest absolute Gasteiger partial charge is 0.385 e. The van der Waals surface area contributed by atoms with Crippen molar-refractivity contribution in [1.82, 2.24) is 14.8 Å². The predicted molar refractivity (Wildman–Crippen MR) is 73.9 cm³/mol. The monoisotopic (exact) mass is 265 g/mol. The van der Waals surface area contributed by atoms with E-state index in [2.05, 4.69) is 40.0 Å². The zero-order chi connectivity index (χ0) is 13.7. The number of nitrogens with one attached hydrogen (secondary N) is 1. The summed E-state index contributed by atoms with van der Waals surface area (Å²) >= 11 is 0. The first kappa shape index (κ1) is 14.1. The first-order chi connectivity index (χ1) is 9.22. The van der Waals surface area contributed by atoms with E-state index in [4.69, 9.17) is 4.74 Å². The van der Waals surface area contributed by atoms with Gasteiger partial charge in [-0.15, -0.1) is 0 Å². The molecule has 1 N–H and O–H groups in total. The topological polar surface area (TPSA) is 46.5 Å². The summed E-state index contributed by atoms with van der Waals surface area (Å²) in [5.74, 6) is 0.1000. The molecule has 5 nitrogen and oxygen atoms in total. The Morgan fingerprint density at radius 2 is 2.37 bits per heavy atom. The second kappa shape index (κ2) is 6.73. The van der Waals surface area contributed by atoms with Gasteiger partial charge >= 0.3 is 0 Å². The molecule has 1 atom stereocenters. The number of hydrogen-bond acceptors (Lipinski definition) is 3. The van der Waals surface area contributed by atoms with Gasteiger partial charge in [0.2, 0.25) is 5.91 Å². The summed E-state index contributed by atoms with van der Waals surface area (Å²) in [4.78, 5) is 14.1. The van der Waals surface area contributed by atoms with E-state index in [1.807, 2.05) is 0 Å². The van der Waals surface area contributed by atoms with Crippen molar-refractivity contribution in [1.29, 1.82) is 0 Å². The van der Waals surface area contributed by atoms with E-state index in [9.17, 15) is 4.79 Å². The lowest BCUT2D eigenvalue weighted by molar-refractivity contribution is -0.123. The van der Waals surface area contributed by atoms with Crippen LogP contribution in [0.4, 0.5) is 0 Å². The Morgan fingerprint density at radius 3 is 3.16 bits per heavy atom. The van der Waals surface area contributed by atoms with E-state index in [1.165, 1.54) is 5.69 Å². The number of nitrogens with zero attached hydrogens (tertiary/aromatic N) is 2. The lowest BCUT2D eigenvalue weighted by Crippen LogP contribution is -2.43. The Kier molecular flexibility index (Phi) is 4.99. The van der Waals surface area contributed by atoms with Crippen LogP contribution in [0.3, 0.4) is 0 Å². The van der Waals surface area contributed by atoms with E-state index >= 15 is 0 Å². The second-order valence-electron chi connectivity index (χ2n) is 4.97. The second-order valence-corrected chi connectivity index (χ2v) is 4.97. The quantitative estimate of drug-likeness (QED) is 0.781. The molecule has 0 spiro atoms. The number of rotatable bonds is 6. The normalized spacial score (nSPS) is 19.2. The van der Waals surface area contributed by atoms with Gasteiger partial charge in [-0.3, -0.25) is 9.69 Å². The van der Waals surface area contributed by atoms with Crippen molar-refractivity contribution in [3.63, 3.8) is 0 Å². The SMILES string of the molecule is COCCCNC(=O)CN1CCn2cccc2[C@@H]1C. The number of carbonyl (C=O) groups is 1. The average molecular weight is 265 g/mol. The molecule has 1 aromatic rings. The number of fused-ring (bicyclic) bond motifs is 1. The van der Waals surface area contributed by atoms with Crippen LogP contribution in [0.25, 0.3) is 0 Å². The van der Waals surface area contributed by atoms with Crippen molar-refractivity contribution in [2.75, 3.05) is 33.4 Å². The van der Waals surface area contributed by atoms with Crippen molar-refractivity contribution in [3.05, 3.63) is 24.0 Å². The van der Waals surface area contributed by atoms with Crippen LogP contribution in [0, 0.1) is 0 Å². The fraction of sp³-hybridized carbons (Fsp3) is 0.643. The first-order valence-electron chi connectivity index (χ1n) is 6.87. The van der Waals surface area contributed by atoms with E-state index in [-0.39, 0.29) is 5.91 Å². The van der Waals surface area contributed by atoms with Crippen LogP contribution >= 0.6 is 0 Å². The molecule has 106 valence electrons. The van der Waals surface area contributed by atoms with Crippen LogP contribution < -0.4 is 5.32 Å².